The molecule has 0 aliphatic rings. The Balaban J connectivity index is 1.78. The number of aliphatic hydroxyl groups is 1. The molecule has 6 heteroatoms. The molecule has 0 bridgehead atoms. The first-order valence-electron chi connectivity index (χ1n) is 8.08. The molecular weight excluding hydrogens is 323 g/mol. The lowest BCUT2D eigenvalue weighted by molar-refractivity contribution is -0.116. The Hall–Kier alpha value is -2.44. The van der Waals surface area contributed by atoms with Crippen molar-refractivity contribution >= 4 is 11.6 Å². The van der Waals surface area contributed by atoms with Gasteiger partial charge in [-0.05, 0) is 48.9 Å². The standard InChI is InChI=1S/C19H23FN2O3/c1-13(10-19(24)22-16-8-6-15(20)7-9-16)21-12-18(23)14-4-3-5-17(11-14)25-2/h3-9,11,13,18,21,23H,10,12H2,1-2H3,(H,22,24). The molecule has 3 N–H and O–H groups in total. The number of benzene rings is 2. The normalized spacial score (nSPS) is 13.1. The molecule has 2 aromatic rings. The van der Waals surface area contributed by atoms with E-state index in [4.69, 9.17) is 4.74 Å². The second-order valence-corrected chi connectivity index (χ2v) is 5.86. The van der Waals surface area contributed by atoms with Gasteiger partial charge in [-0.2, -0.15) is 0 Å². The summed E-state index contributed by atoms with van der Waals surface area (Å²) in [6.45, 7) is 2.18. The maximum Gasteiger partial charge on any atom is 0.225 e. The van der Waals surface area contributed by atoms with Gasteiger partial charge in [0.05, 0.1) is 13.2 Å². The van der Waals surface area contributed by atoms with E-state index in [2.05, 4.69) is 10.6 Å². The van der Waals surface area contributed by atoms with Gasteiger partial charge in [-0.3, -0.25) is 4.79 Å². The van der Waals surface area contributed by atoms with Crippen LogP contribution in [-0.2, 0) is 4.79 Å². The topological polar surface area (TPSA) is 70.6 Å². The third-order valence-electron chi connectivity index (χ3n) is 3.76. The van der Waals surface area contributed by atoms with E-state index in [9.17, 15) is 14.3 Å². The monoisotopic (exact) mass is 346 g/mol. The molecule has 2 rings (SSSR count). The van der Waals surface area contributed by atoms with Crippen molar-refractivity contribution in [1.82, 2.24) is 5.32 Å². The van der Waals surface area contributed by atoms with Crippen LogP contribution in [0.4, 0.5) is 10.1 Å². The fourth-order valence-corrected chi connectivity index (χ4v) is 2.37. The van der Waals surface area contributed by atoms with Crippen LogP contribution in [0, 0.1) is 5.82 Å². The predicted molar refractivity (Wildman–Crippen MR) is 95.1 cm³/mol. The molecule has 0 heterocycles. The average molecular weight is 346 g/mol. The van der Waals surface area contributed by atoms with E-state index in [1.165, 1.54) is 24.3 Å². The van der Waals surface area contributed by atoms with E-state index in [1.54, 1.807) is 13.2 Å². The van der Waals surface area contributed by atoms with Crippen LogP contribution in [0.5, 0.6) is 5.75 Å². The zero-order chi connectivity index (χ0) is 18.2. The van der Waals surface area contributed by atoms with Gasteiger partial charge in [0.1, 0.15) is 11.6 Å². The number of anilines is 1. The number of methoxy groups -OCH3 is 1. The van der Waals surface area contributed by atoms with E-state index < -0.39 is 6.10 Å². The number of carbonyl (C=O) groups excluding carboxylic acids is 1. The van der Waals surface area contributed by atoms with Crippen molar-refractivity contribution in [2.45, 2.75) is 25.5 Å². The Labute approximate surface area is 146 Å². The van der Waals surface area contributed by atoms with Crippen LogP contribution < -0.4 is 15.4 Å². The van der Waals surface area contributed by atoms with Crippen LogP contribution in [0.3, 0.4) is 0 Å². The van der Waals surface area contributed by atoms with Gasteiger partial charge in [0.25, 0.3) is 0 Å². The molecule has 134 valence electrons. The molecule has 5 nitrogen and oxygen atoms in total. The number of carbonyl (C=O) groups is 1. The van der Waals surface area contributed by atoms with Crippen LogP contribution in [-0.4, -0.2) is 30.7 Å². The largest absolute Gasteiger partial charge is 0.497 e. The predicted octanol–water partition coefficient (Wildman–Crippen LogP) is 2.87. The van der Waals surface area contributed by atoms with Crippen molar-refractivity contribution in [2.75, 3.05) is 19.0 Å². The number of nitrogens with one attached hydrogen (secondary N) is 2. The first kappa shape index (κ1) is 18.9. The number of ether oxygens (including phenoxy) is 1. The van der Waals surface area contributed by atoms with E-state index >= 15 is 0 Å². The Morgan fingerprint density at radius 3 is 2.64 bits per heavy atom. The second-order valence-electron chi connectivity index (χ2n) is 5.86. The highest BCUT2D eigenvalue weighted by Crippen LogP contribution is 2.18. The van der Waals surface area contributed by atoms with Crippen molar-refractivity contribution in [3.8, 4) is 5.75 Å². The third kappa shape index (κ3) is 6.17. The molecule has 2 atom stereocenters. The number of amides is 1. The average Bonchev–Trinajstić information content (AvgIpc) is 2.61. The lowest BCUT2D eigenvalue weighted by Crippen LogP contribution is -2.33. The van der Waals surface area contributed by atoms with Crippen LogP contribution >= 0.6 is 0 Å². The summed E-state index contributed by atoms with van der Waals surface area (Å²) in [5.74, 6) is 0.158. The summed E-state index contributed by atoms with van der Waals surface area (Å²) in [6, 6.07) is 12.7. The molecular formula is C19H23FN2O3. The summed E-state index contributed by atoms with van der Waals surface area (Å²) in [6.07, 6.45) is -0.458. The number of rotatable bonds is 8. The van der Waals surface area contributed by atoms with Crippen LogP contribution in [0.25, 0.3) is 0 Å². The summed E-state index contributed by atoms with van der Waals surface area (Å²) in [5, 5.41) is 16.1. The van der Waals surface area contributed by atoms with Gasteiger partial charge in [0.15, 0.2) is 0 Å². The van der Waals surface area contributed by atoms with E-state index in [-0.39, 0.29) is 24.2 Å². The van der Waals surface area contributed by atoms with Gasteiger partial charge in [-0.15, -0.1) is 0 Å². The molecule has 0 aliphatic carbocycles. The fraction of sp³-hybridized carbons (Fsp3) is 0.316. The van der Waals surface area contributed by atoms with Gasteiger partial charge in [0.2, 0.25) is 5.91 Å². The van der Waals surface area contributed by atoms with Crippen LogP contribution in [0.2, 0.25) is 0 Å². The molecule has 0 radical (unpaired) electrons. The molecule has 0 fully saturated rings. The summed E-state index contributed by atoms with van der Waals surface area (Å²) in [7, 11) is 1.57. The van der Waals surface area contributed by atoms with Crippen molar-refractivity contribution < 1.29 is 19.0 Å². The molecule has 0 saturated carbocycles. The molecule has 0 aliphatic heterocycles. The first-order valence-corrected chi connectivity index (χ1v) is 8.08. The third-order valence-corrected chi connectivity index (χ3v) is 3.76. The Morgan fingerprint density at radius 2 is 1.96 bits per heavy atom. The molecule has 25 heavy (non-hydrogen) atoms. The summed E-state index contributed by atoms with van der Waals surface area (Å²) in [4.78, 5) is 12.0. The number of hydrogen-bond acceptors (Lipinski definition) is 4. The van der Waals surface area contributed by atoms with Gasteiger partial charge in [-0.25, -0.2) is 4.39 Å². The Kier molecular flexibility index (Phi) is 6.91. The molecule has 0 saturated heterocycles. The van der Waals surface area contributed by atoms with Crippen molar-refractivity contribution in [2.24, 2.45) is 0 Å². The highest BCUT2D eigenvalue weighted by atomic mass is 19.1. The SMILES string of the molecule is COc1cccc(C(O)CNC(C)CC(=O)Nc2ccc(F)cc2)c1. The first-order chi connectivity index (χ1) is 12.0. The minimum atomic E-state index is -0.697. The van der Waals surface area contributed by atoms with E-state index in [1.807, 2.05) is 25.1 Å². The molecule has 2 aromatic carbocycles. The highest BCUT2D eigenvalue weighted by Gasteiger charge is 2.13. The lowest BCUT2D eigenvalue weighted by Gasteiger charge is -2.17. The van der Waals surface area contributed by atoms with Crippen LogP contribution in [0.15, 0.2) is 48.5 Å². The number of halogens is 1. The molecule has 0 spiro atoms. The number of hydrogen-bond donors (Lipinski definition) is 3. The second kappa shape index (κ2) is 9.15. The molecule has 0 aromatic heterocycles. The maximum absolute atomic E-state index is 12.8. The van der Waals surface area contributed by atoms with E-state index in [0.29, 0.717) is 18.0 Å². The Morgan fingerprint density at radius 1 is 1.24 bits per heavy atom. The zero-order valence-corrected chi connectivity index (χ0v) is 14.3. The quantitative estimate of drug-likeness (QED) is 0.687. The van der Waals surface area contributed by atoms with Crippen molar-refractivity contribution in [3.63, 3.8) is 0 Å². The van der Waals surface area contributed by atoms with Crippen LogP contribution in [0.1, 0.15) is 25.0 Å². The molecule has 2 unspecified atom stereocenters. The lowest BCUT2D eigenvalue weighted by atomic mass is 10.1. The Bertz CT molecular complexity index is 691. The van der Waals surface area contributed by atoms with E-state index in [0.717, 1.165) is 5.56 Å². The molecule has 1 amide bonds. The zero-order valence-electron chi connectivity index (χ0n) is 14.3. The van der Waals surface area contributed by atoms with Crippen molar-refractivity contribution in [1.29, 1.82) is 0 Å². The summed E-state index contributed by atoms with van der Waals surface area (Å²) in [5.41, 5.74) is 1.30. The van der Waals surface area contributed by atoms with Gasteiger partial charge in [-0.1, -0.05) is 12.1 Å². The summed E-state index contributed by atoms with van der Waals surface area (Å²) >= 11 is 0. The van der Waals surface area contributed by atoms with Crippen molar-refractivity contribution in [3.05, 3.63) is 59.9 Å². The van der Waals surface area contributed by atoms with Gasteiger partial charge >= 0.3 is 0 Å². The van der Waals surface area contributed by atoms with Gasteiger partial charge < -0.3 is 20.5 Å². The smallest absolute Gasteiger partial charge is 0.225 e. The minimum Gasteiger partial charge on any atom is -0.497 e. The highest BCUT2D eigenvalue weighted by molar-refractivity contribution is 5.91. The number of aliphatic hydroxyl groups excluding tert-OH is 1. The fourth-order valence-electron chi connectivity index (χ4n) is 2.37. The minimum absolute atomic E-state index is 0.124. The maximum atomic E-state index is 12.8. The summed E-state index contributed by atoms with van der Waals surface area (Å²) < 4.78 is 18.0. The van der Waals surface area contributed by atoms with Gasteiger partial charge in [0, 0.05) is 24.7 Å².